The number of rotatable bonds is 28. The lowest BCUT2D eigenvalue weighted by Gasteiger charge is -2.41. The molecule has 3 heterocycles. The van der Waals surface area contributed by atoms with E-state index in [0.717, 1.165) is 80.8 Å². The third kappa shape index (κ3) is 15.7. The third-order valence-corrected chi connectivity index (χ3v) is 14.1. The maximum absolute atomic E-state index is 14.5. The standard InChI is InChI=1S/C51H86N8O8/c1-11-36(6)47(57(9)50(63)45(34(2)3)55-48(61)46(35(4)5)56(8)25-17-13-12-16-24-52)43(65-10)31-44(60)58-26-20-21-39(58)29-37(7)51(64)66-33-54-42(49(62)59-27-18-19-28-67-59)30-38-32-53-41-23-15-14-22-40(38)41/h14-15,22-23,32,34-37,39,42-43,45-47,53-54H,11-13,16-21,24-31,33,52H2,1-10H3,(H,55,61)/t36-,37+,39-,42-,43+,45-,46-,47-/m0/s1. The first-order valence-corrected chi connectivity index (χ1v) is 25.2. The molecule has 67 heavy (non-hydrogen) atoms. The summed E-state index contributed by atoms with van der Waals surface area (Å²) in [4.78, 5) is 84.5. The predicted molar refractivity (Wildman–Crippen MR) is 262 cm³/mol. The summed E-state index contributed by atoms with van der Waals surface area (Å²) in [5.41, 5.74) is 7.62. The van der Waals surface area contributed by atoms with E-state index in [1.165, 1.54) is 5.06 Å². The Hall–Kier alpha value is -4.09. The van der Waals surface area contributed by atoms with Crippen LogP contribution in [0.2, 0.25) is 0 Å². The first kappa shape index (κ1) is 55.5. The highest BCUT2D eigenvalue weighted by molar-refractivity contribution is 5.90. The highest BCUT2D eigenvalue weighted by Crippen LogP contribution is 2.29. The number of carbonyl (C=O) groups excluding carboxylic acids is 5. The number of para-hydroxylation sites is 1. The summed E-state index contributed by atoms with van der Waals surface area (Å²) in [6.07, 6.45) is 10.3. The van der Waals surface area contributed by atoms with E-state index in [0.29, 0.717) is 39.1 Å². The molecule has 1 aromatic carbocycles. The molecule has 8 atom stereocenters. The third-order valence-electron chi connectivity index (χ3n) is 14.1. The van der Waals surface area contributed by atoms with Gasteiger partial charge in [0.15, 0.2) is 0 Å². The second kappa shape index (κ2) is 27.8. The number of benzene rings is 1. The van der Waals surface area contributed by atoms with Crippen molar-refractivity contribution in [3.63, 3.8) is 0 Å². The van der Waals surface area contributed by atoms with Crippen LogP contribution >= 0.6 is 0 Å². The maximum atomic E-state index is 14.5. The van der Waals surface area contributed by atoms with Gasteiger partial charge in [-0.25, -0.2) is 5.06 Å². The molecule has 4 amide bonds. The molecule has 2 aliphatic rings. The van der Waals surface area contributed by atoms with Crippen molar-refractivity contribution in [2.75, 3.05) is 60.7 Å². The van der Waals surface area contributed by atoms with Gasteiger partial charge in [0.1, 0.15) is 12.8 Å². The number of aromatic amines is 1. The van der Waals surface area contributed by atoms with Crippen LogP contribution in [-0.2, 0) is 44.7 Å². The number of hydrogen-bond acceptors (Lipinski definition) is 11. The molecular formula is C51H86N8O8. The van der Waals surface area contributed by atoms with Crippen LogP contribution < -0.4 is 16.4 Å². The number of fused-ring (bicyclic) bond motifs is 1. The number of ether oxygens (including phenoxy) is 2. The van der Waals surface area contributed by atoms with Gasteiger partial charge in [-0.2, -0.15) is 0 Å². The molecule has 0 spiro atoms. The first-order chi connectivity index (χ1) is 32.0. The zero-order valence-electron chi connectivity index (χ0n) is 42.5. The molecule has 16 heteroatoms. The summed E-state index contributed by atoms with van der Waals surface area (Å²) in [6, 6.07) is 5.45. The Bertz CT molecular complexity index is 1850. The Morgan fingerprint density at radius 3 is 2.34 bits per heavy atom. The number of amides is 4. The topological polar surface area (TPSA) is 192 Å². The number of hydrogen-bond donors (Lipinski definition) is 4. The number of nitrogens with zero attached hydrogens (tertiary/aromatic N) is 4. The highest BCUT2D eigenvalue weighted by Gasteiger charge is 2.41. The molecule has 1 aromatic heterocycles. The molecule has 2 aliphatic heterocycles. The molecular weight excluding hydrogens is 853 g/mol. The molecule has 2 saturated heterocycles. The molecule has 378 valence electrons. The summed E-state index contributed by atoms with van der Waals surface area (Å²) >= 11 is 0. The summed E-state index contributed by atoms with van der Waals surface area (Å²) < 4.78 is 11.8. The van der Waals surface area contributed by atoms with Crippen molar-refractivity contribution >= 4 is 40.5 Å². The van der Waals surface area contributed by atoms with E-state index in [2.05, 4.69) is 34.4 Å². The number of carbonyl (C=O) groups is 5. The maximum Gasteiger partial charge on any atom is 0.310 e. The smallest absolute Gasteiger partial charge is 0.310 e. The number of H-pyrrole nitrogens is 1. The number of hydroxylamine groups is 2. The van der Waals surface area contributed by atoms with E-state index in [1.54, 1.807) is 19.1 Å². The molecule has 0 aliphatic carbocycles. The van der Waals surface area contributed by atoms with Gasteiger partial charge in [-0.15, -0.1) is 0 Å². The van der Waals surface area contributed by atoms with Crippen LogP contribution in [0.5, 0.6) is 0 Å². The van der Waals surface area contributed by atoms with Crippen LogP contribution in [0.3, 0.4) is 0 Å². The largest absolute Gasteiger partial charge is 0.450 e. The lowest BCUT2D eigenvalue weighted by atomic mass is 9.89. The fourth-order valence-electron chi connectivity index (χ4n) is 9.98. The number of likely N-dealkylation sites (tertiary alicyclic amines) is 1. The fraction of sp³-hybridized carbons (Fsp3) is 0.745. The molecule has 2 fully saturated rings. The molecule has 0 radical (unpaired) electrons. The predicted octanol–water partition coefficient (Wildman–Crippen LogP) is 5.64. The summed E-state index contributed by atoms with van der Waals surface area (Å²) in [5, 5.41) is 8.76. The van der Waals surface area contributed by atoms with Crippen molar-refractivity contribution in [2.24, 2.45) is 29.4 Å². The van der Waals surface area contributed by atoms with Crippen LogP contribution in [0.1, 0.15) is 125 Å². The van der Waals surface area contributed by atoms with Crippen LogP contribution in [0, 0.1) is 23.7 Å². The number of nitrogens with one attached hydrogen (secondary N) is 3. The second-order valence-electron chi connectivity index (χ2n) is 19.8. The van der Waals surface area contributed by atoms with Gasteiger partial charge in [0.05, 0.1) is 43.2 Å². The molecule has 0 saturated carbocycles. The number of methoxy groups -OCH3 is 1. The second-order valence-corrected chi connectivity index (χ2v) is 19.8. The van der Waals surface area contributed by atoms with Gasteiger partial charge in [-0.05, 0) is 101 Å². The normalized spacial score (nSPS) is 18.7. The number of aromatic nitrogens is 1. The lowest BCUT2D eigenvalue weighted by molar-refractivity contribution is -0.199. The number of unbranched alkanes of at least 4 members (excludes halogenated alkanes) is 3. The molecule has 2 aromatic rings. The fourth-order valence-corrected chi connectivity index (χ4v) is 9.98. The Balaban J connectivity index is 1.37. The van der Waals surface area contributed by atoms with Crippen molar-refractivity contribution in [3.8, 4) is 0 Å². The van der Waals surface area contributed by atoms with Gasteiger partial charge in [-0.3, -0.25) is 39.0 Å². The number of likely N-dealkylation sites (N-methyl/N-ethyl adjacent to an activating group) is 2. The van der Waals surface area contributed by atoms with Crippen LogP contribution in [0.4, 0.5) is 0 Å². The number of nitrogens with two attached hydrogens (primary N) is 1. The minimum atomic E-state index is -0.773. The minimum Gasteiger partial charge on any atom is -0.450 e. The summed E-state index contributed by atoms with van der Waals surface area (Å²) in [7, 11) is 5.31. The zero-order chi connectivity index (χ0) is 49.2. The average Bonchev–Trinajstić information content (AvgIpc) is 3.96. The van der Waals surface area contributed by atoms with E-state index in [-0.39, 0.29) is 60.6 Å². The number of esters is 1. The van der Waals surface area contributed by atoms with E-state index in [1.807, 2.05) is 77.0 Å². The Morgan fingerprint density at radius 1 is 0.955 bits per heavy atom. The van der Waals surface area contributed by atoms with Crippen molar-refractivity contribution in [1.82, 2.24) is 35.4 Å². The Morgan fingerprint density at radius 2 is 1.69 bits per heavy atom. The zero-order valence-corrected chi connectivity index (χ0v) is 42.5. The van der Waals surface area contributed by atoms with Gasteiger partial charge < -0.3 is 35.3 Å². The first-order valence-electron chi connectivity index (χ1n) is 25.2. The minimum absolute atomic E-state index is 0.0218. The molecule has 16 nitrogen and oxygen atoms in total. The van der Waals surface area contributed by atoms with Gasteiger partial charge in [0, 0.05) is 50.4 Å². The van der Waals surface area contributed by atoms with Gasteiger partial charge >= 0.3 is 5.97 Å². The Kier molecular flexibility index (Phi) is 23.0. The van der Waals surface area contributed by atoms with Gasteiger partial charge in [0.25, 0.3) is 5.91 Å². The summed E-state index contributed by atoms with van der Waals surface area (Å²) in [5.74, 6) is -1.79. The van der Waals surface area contributed by atoms with Crippen molar-refractivity contribution in [1.29, 1.82) is 0 Å². The van der Waals surface area contributed by atoms with Crippen LogP contribution in [0.25, 0.3) is 10.9 Å². The molecule has 4 rings (SSSR count). The highest BCUT2D eigenvalue weighted by atomic mass is 16.7. The lowest BCUT2D eigenvalue weighted by Crippen LogP contribution is -2.60. The van der Waals surface area contributed by atoms with Crippen LogP contribution in [-0.4, -0.2) is 151 Å². The van der Waals surface area contributed by atoms with E-state index < -0.39 is 42.2 Å². The average molecular weight is 939 g/mol. The van der Waals surface area contributed by atoms with Crippen LogP contribution in [0.15, 0.2) is 30.5 Å². The monoisotopic (exact) mass is 939 g/mol. The quantitative estimate of drug-likeness (QED) is 0.0470. The SMILES string of the molecule is CC[C@H](C)[C@@H]([C@@H](CC(=O)N1CCC[C@H]1C[C@@H](C)C(=O)OCN[C@@H](Cc1c[nH]c2ccccc12)C(=O)N1CCCCO1)OC)N(C)C(=O)[C@@H](NC(=O)[C@H](C(C)C)N(C)CCCCCCN)C(C)C. The van der Waals surface area contributed by atoms with Crippen molar-refractivity contribution in [3.05, 3.63) is 36.0 Å². The Labute approximate surface area is 401 Å². The molecule has 5 N–H and O–H groups in total. The molecule has 0 bridgehead atoms. The van der Waals surface area contributed by atoms with Crippen molar-refractivity contribution < 1.29 is 38.3 Å². The molecule has 0 unspecified atom stereocenters. The van der Waals surface area contributed by atoms with Crippen molar-refractivity contribution in [2.45, 2.75) is 162 Å². The van der Waals surface area contributed by atoms with E-state index >= 15 is 0 Å². The summed E-state index contributed by atoms with van der Waals surface area (Å²) in [6.45, 7) is 16.7. The van der Waals surface area contributed by atoms with E-state index in [9.17, 15) is 24.0 Å². The van der Waals surface area contributed by atoms with E-state index in [4.69, 9.17) is 20.0 Å². The van der Waals surface area contributed by atoms with Gasteiger partial charge in [0.2, 0.25) is 17.7 Å². The van der Waals surface area contributed by atoms with Gasteiger partial charge in [-0.1, -0.05) is 85.9 Å².